The summed E-state index contributed by atoms with van der Waals surface area (Å²) in [4.78, 5) is 83.5. The first-order valence-corrected chi connectivity index (χ1v) is 33.3. The summed E-state index contributed by atoms with van der Waals surface area (Å²) in [6, 6.07) is 19.8. The van der Waals surface area contributed by atoms with Crippen LogP contribution in [0.5, 0.6) is 0 Å². The first-order chi connectivity index (χ1) is 42.6. The number of benzene rings is 3. The number of imide groups is 1. The highest BCUT2D eigenvalue weighted by molar-refractivity contribution is 6.01. The van der Waals surface area contributed by atoms with Crippen LogP contribution in [0, 0.1) is 56.5 Å². The highest BCUT2D eigenvalue weighted by Gasteiger charge is 2.66. The number of ether oxygens (including phenoxy) is 4. The van der Waals surface area contributed by atoms with Crippen molar-refractivity contribution in [1.29, 1.82) is 0 Å². The average Bonchev–Trinajstić information content (AvgIpc) is 0.998. The van der Waals surface area contributed by atoms with E-state index in [1.807, 2.05) is 12.1 Å². The van der Waals surface area contributed by atoms with Crippen LogP contribution in [0.3, 0.4) is 0 Å². The number of nitro benzene ring substituents is 1. The summed E-state index contributed by atoms with van der Waals surface area (Å²) in [6.07, 6.45) is 17.2. The van der Waals surface area contributed by atoms with Crippen LogP contribution in [0.1, 0.15) is 192 Å². The Morgan fingerprint density at radius 1 is 0.795 bits per heavy atom. The molecule has 6 aliphatic rings. The molecule has 0 bridgehead atoms. The Labute approximate surface area is 518 Å². The number of carbonyl (C=O) groups is 5. The van der Waals surface area contributed by atoms with Gasteiger partial charge in [-0.15, -0.1) is 5.06 Å². The van der Waals surface area contributed by atoms with E-state index in [9.17, 15) is 34.1 Å². The summed E-state index contributed by atoms with van der Waals surface area (Å²) in [5.41, 5.74) is 5.86. The van der Waals surface area contributed by atoms with Crippen molar-refractivity contribution in [2.75, 3.05) is 46.1 Å². The molecule has 478 valence electrons. The number of unbranched alkanes of at least 4 members (excludes halogenated alkanes) is 5. The summed E-state index contributed by atoms with van der Waals surface area (Å²) < 4.78 is 31.8. The smallest absolute Gasteiger partial charge is 0.407 e. The van der Waals surface area contributed by atoms with Crippen LogP contribution in [0.15, 0.2) is 65.3 Å². The van der Waals surface area contributed by atoms with Gasteiger partial charge in [0.1, 0.15) is 18.7 Å². The number of alkyl carbamates (subject to hydrolysis) is 1. The van der Waals surface area contributed by atoms with E-state index in [-0.39, 0.29) is 90.5 Å². The number of nitrogens with one attached hydrogen (secondary N) is 1. The second kappa shape index (κ2) is 29.5. The van der Waals surface area contributed by atoms with Gasteiger partial charge >= 0.3 is 17.7 Å². The number of aromatic nitrogens is 2. The number of aryl methyl sites for hydroxylation is 1. The highest BCUT2D eigenvalue weighted by Crippen LogP contribution is 2.69. The lowest BCUT2D eigenvalue weighted by Crippen LogP contribution is -2.63. The molecule has 1 N–H and O–H groups in total. The fourth-order valence-corrected chi connectivity index (χ4v) is 16.9. The molecule has 1 aromatic heterocycles. The highest BCUT2D eigenvalue weighted by atomic mass is 16.7. The lowest BCUT2D eigenvalue weighted by Gasteiger charge is -2.65. The summed E-state index contributed by atoms with van der Waals surface area (Å²) in [6.45, 7) is 14.6. The molecular weight excluding hydrogens is 1120 g/mol. The zero-order valence-electron chi connectivity index (χ0n) is 52.6. The zero-order valence-corrected chi connectivity index (χ0v) is 52.6. The molecule has 10 rings (SSSR count). The van der Waals surface area contributed by atoms with Gasteiger partial charge in [-0.05, 0) is 181 Å². The molecule has 3 aromatic carbocycles. The van der Waals surface area contributed by atoms with Crippen LogP contribution in [-0.4, -0.2) is 119 Å². The molecular formula is C69H94N6O13. The van der Waals surface area contributed by atoms with Crippen LogP contribution in [0.4, 0.5) is 10.5 Å². The van der Waals surface area contributed by atoms with Crippen molar-refractivity contribution in [3.8, 4) is 11.1 Å². The van der Waals surface area contributed by atoms with Gasteiger partial charge in [0.25, 0.3) is 11.8 Å². The molecule has 5 fully saturated rings. The van der Waals surface area contributed by atoms with Gasteiger partial charge in [0.15, 0.2) is 0 Å². The molecule has 1 aliphatic heterocycles. The van der Waals surface area contributed by atoms with Crippen LogP contribution in [0.2, 0.25) is 0 Å². The third-order valence-corrected chi connectivity index (χ3v) is 21.6. The van der Waals surface area contributed by atoms with Gasteiger partial charge in [0.2, 0.25) is 11.4 Å². The molecule has 0 unspecified atom stereocenters. The van der Waals surface area contributed by atoms with Crippen molar-refractivity contribution in [3.63, 3.8) is 0 Å². The van der Waals surface area contributed by atoms with Crippen LogP contribution < -0.4 is 5.32 Å². The molecule has 5 aliphatic carbocycles. The fraction of sp³-hybridized carbons (Fsp3) is 0.667. The third-order valence-electron chi connectivity index (χ3n) is 21.6. The number of rotatable bonds is 31. The van der Waals surface area contributed by atoms with E-state index in [0.29, 0.717) is 85.5 Å². The van der Waals surface area contributed by atoms with Crippen molar-refractivity contribution in [2.24, 2.45) is 46.3 Å². The van der Waals surface area contributed by atoms with Crippen LogP contribution in [-0.2, 0) is 49.4 Å². The SMILES string of the molecule is CCCCO[C@@H]1CC[C@@]2(C)[C@@H](C1)C[C@@H](OCCCNC(=O)OCC1c3ccccc3-c3ccccc31)[C@@H]1[C@@H]2C[C@H](OCCCC)[C@]2(C)[C@@H]([C@H](C)CCCN(CC(=O)ON3C(=O)CCC3=O)C(=O)CCCCCCc3ccc([N+](=O)[O-])c4nonc34)CC[C@@H]12. The summed E-state index contributed by atoms with van der Waals surface area (Å²) in [5.74, 6) is -0.0252. The number of amides is 4. The van der Waals surface area contributed by atoms with Gasteiger partial charge in [-0.25, -0.2) is 14.2 Å². The van der Waals surface area contributed by atoms with E-state index in [4.69, 9.17) is 28.4 Å². The number of nitrogens with zero attached hydrogens (tertiary/aromatic N) is 5. The predicted molar refractivity (Wildman–Crippen MR) is 330 cm³/mol. The minimum Gasteiger partial charge on any atom is -0.449 e. The number of carbonyl (C=O) groups excluding carboxylic acids is 5. The van der Waals surface area contributed by atoms with E-state index in [2.05, 4.69) is 86.6 Å². The topological polar surface area (TPSA) is 232 Å². The molecule has 4 saturated carbocycles. The maximum Gasteiger partial charge on any atom is 0.407 e. The second-order valence-corrected chi connectivity index (χ2v) is 26.7. The monoisotopic (exact) mass is 1210 g/mol. The Morgan fingerprint density at radius 2 is 1.49 bits per heavy atom. The number of non-ortho nitro benzene ring substituents is 1. The minimum absolute atomic E-state index is 0.01000. The number of hydrogen-bond acceptors (Lipinski definition) is 15. The van der Waals surface area contributed by atoms with Gasteiger partial charge in [-0.3, -0.25) is 24.5 Å². The molecule has 11 atom stereocenters. The molecule has 88 heavy (non-hydrogen) atoms. The third kappa shape index (κ3) is 14.2. The lowest BCUT2D eigenvalue weighted by molar-refractivity contribution is -0.383. The van der Waals surface area contributed by atoms with Crippen LogP contribution >= 0.6 is 0 Å². The Balaban J connectivity index is 0.787. The van der Waals surface area contributed by atoms with E-state index >= 15 is 0 Å². The fourth-order valence-electron chi connectivity index (χ4n) is 16.9. The Kier molecular flexibility index (Phi) is 21.7. The minimum atomic E-state index is -0.832. The molecule has 2 heterocycles. The van der Waals surface area contributed by atoms with Crippen LogP contribution in [0.25, 0.3) is 22.2 Å². The van der Waals surface area contributed by atoms with Gasteiger partial charge < -0.3 is 34.0 Å². The zero-order chi connectivity index (χ0) is 62.0. The van der Waals surface area contributed by atoms with E-state index in [0.717, 1.165) is 115 Å². The van der Waals surface area contributed by atoms with Crippen molar-refractivity contribution >= 4 is 46.5 Å². The summed E-state index contributed by atoms with van der Waals surface area (Å²) >= 11 is 0. The number of fused-ring (bicyclic) bond motifs is 9. The van der Waals surface area contributed by atoms with Gasteiger partial charge in [0, 0.05) is 69.6 Å². The molecule has 1 saturated heterocycles. The molecule has 0 radical (unpaired) electrons. The first-order valence-electron chi connectivity index (χ1n) is 33.3. The molecule has 0 spiro atoms. The average molecular weight is 1220 g/mol. The largest absolute Gasteiger partial charge is 0.449 e. The molecule has 19 heteroatoms. The molecule has 4 aromatic rings. The Bertz CT molecular complexity index is 3020. The van der Waals surface area contributed by atoms with E-state index < -0.39 is 28.8 Å². The van der Waals surface area contributed by atoms with Gasteiger partial charge in [0.05, 0.1) is 23.2 Å². The number of nitro groups is 1. The molecule has 4 amide bonds. The van der Waals surface area contributed by atoms with Crippen molar-refractivity contribution < 1.29 is 57.3 Å². The number of hydrogen-bond donors (Lipinski definition) is 1. The van der Waals surface area contributed by atoms with E-state index in [1.54, 1.807) is 6.07 Å². The standard InChI is InChI=1S/C69H94N6O13/c1-6-8-37-83-48-33-34-68(4)47(40-48)41-58(84-39-19-35-70-67(80)86-44-53-51-24-16-14-22-49(51)50-23-15-17-25-52(50)53)64-55-29-28-54(69(55,5)59(42-56(64)68)85-38-9-7-2)45(3)20-18-36-73(43-63(79)87-74-61(77)31-32-62(74)78)60(76)26-13-11-10-12-21-46-27-30-57(75(81)82)66-65(46)71-88-72-66/h14-17,22-25,27,30,45,47-48,53-56,58-59,64H,6-13,18-21,26,28-29,31-44H2,1-5H3,(H,70,80)/t45-,47+,48-,54-,55+,56+,58-,59+,64+,68+,69-/m1/s1. The predicted octanol–water partition coefficient (Wildman–Crippen LogP) is 13.0. The van der Waals surface area contributed by atoms with Crippen molar-refractivity contribution in [2.45, 2.75) is 200 Å². The normalized spacial score (nSPS) is 26.7. The Morgan fingerprint density at radius 3 is 2.22 bits per heavy atom. The summed E-state index contributed by atoms with van der Waals surface area (Å²) in [7, 11) is 0. The van der Waals surface area contributed by atoms with Crippen molar-refractivity contribution in [1.82, 2.24) is 25.6 Å². The second-order valence-electron chi connectivity index (χ2n) is 26.7. The lowest BCUT2D eigenvalue weighted by atomic mass is 9.43. The van der Waals surface area contributed by atoms with Gasteiger partial charge in [-0.2, -0.15) is 0 Å². The van der Waals surface area contributed by atoms with E-state index in [1.165, 1.54) is 33.2 Å². The van der Waals surface area contributed by atoms with Crippen molar-refractivity contribution in [3.05, 3.63) is 87.5 Å². The quantitative estimate of drug-likeness (QED) is 0.0214. The number of hydroxylamine groups is 2. The maximum atomic E-state index is 14.1. The summed E-state index contributed by atoms with van der Waals surface area (Å²) in [5, 5.41) is 22.7. The van der Waals surface area contributed by atoms with Gasteiger partial charge in [-0.1, -0.05) is 109 Å². The Hall–Kier alpha value is -6.31. The maximum absolute atomic E-state index is 14.1. The first kappa shape index (κ1) is 64.7. The molecule has 19 nitrogen and oxygen atoms in total.